The van der Waals surface area contributed by atoms with E-state index in [4.69, 9.17) is 21.8 Å². The van der Waals surface area contributed by atoms with Gasteiger partial charge in [0.2, 0.25) is 0 Å². The third-order valence-electron chi connectivity index (χ3n) is 2.99. The first-order valence-electron chi connectivity index (χ1n) is 5.71. The molecule has 0 fully saturated rings. The molecule has 0 saturated heterocycles. The van der Waals surface area contributed by atoms with Crippen LogP contribution in [0.4, 0.5) is 0 Å². The number of aryl methyl sites for hydroxylation is 2. The first-order valence-corrected chi connectivity index (χ1v) is 6.09. The Labute approximate surface area is 106 Å². The Morgan fingerprint density at radius 1 is 1.35 bits per heavy atom. The van der Waals surface area contributed by atoms with Gasteiger partial charge in [0.15, 0.2) is 0 Å². The molecule has 17 heavy (non-hydrogen) atoms. The Hall–Kier alpha value is -1.25. The predicted molar refractivity (Wildman–Crippen MR) is 70.3 cm³/mol. The van der Waals surface area contributed by atoms with Crippen molar-refractivity contribution in [3.05, 3.63) is 58.0 Å². The van der Waals surface area contributed by atoms with Crippen molar-refractivity contribution in [2.24, 2.45) is 5.73 Å². The average molecular weight is 250 g/mol. The van der Waals surface area contributed by atoms with Crippen molar-refractivity contribution >= 4 is 11.6 Å². The summed E-state index contributed by atoms with van der Waals surface area (Å²) >= 11 is 6.11. The molecule has 0 saturated carbocycles. The topological polar surface area (TPSA) is 39.2 Å². The molecule has 0 aliphatic rings. The van der Waals surface area contributed by atoms with E-state index in [0.29, 0.717) is 0 Å². The normalized spacial score (nSPS) is 12.7. The largest absolute Gasteiger partial charge is 0.469 e. The first kappa shape index (κ1) is 12.2. The molecular formula is C14H16ClNO. The highest BCUT2D eigenvalue weighted by Crippen LogP contribution is 2.27. The smallest absolute Gasteiger partial charge is 0.108 e. The maximum Gasteiger partial charge on any atom is 0.108 e. The molecular weight excluding hydrogens is 234 g/mol. The number of hydrogen-bond donors (Lipinski definition) is 1. The molecule has 1 aromatic heterocycles. The lowest BCUT2D eigenvalue weighted by molar-refractivity contribution is 0.509. The maximum absolute atomic E-state index is 6.24. The Morgan fingerprint density at radius 2 is 2.12 bits per heavy atom. The van der Waals surface area contributed by atoms with Gasteiger partial charge in [-0.25, -0.2) is 0 Å². The molecule has 1 unspecified atom stereocenters. The molecule has 0 aliphatic heterocycles. The van der Waals surface area contributed by atoms with Gasteiger partial charge in [0.05, 0.1) is 12.3 Å². The van der Waals surface area contributed by atoms with Crippen molar-refractivity contribution in [2.75, 3.05) is 0 Å². The predicted octanol–water partition coefficient (Wildman–Crippen LogP) is 3.85. The zero-order chi connectivity index (χ0) is 12.4. The average Bonchev–Trinajstić information content (AvgIpc) is 2.80. The van der Waals surface area contributed by atoms with E-state index in [1.54, 1.807) is 6.26 Å². The number of benzene rings is 1. The van der Waals surface area contributed by atoms with Gasteiger partial charge >= 0.3 is 0 Å². The molecule has 0 bridgehead atoms. The molecule has 0 radical (unpaired) electrons. The van der Waals surface area contributed by atoms with E-state index in [1.165, 1.54) is 0 Å². The Kier molecular flexibility index (Phi) is 3.55. The van der Waals surface area contributed by atoms with Gasteiger partial charge in [0.1, 0.15) is 5.76 Å². The Balaban J connectivity index is 2.36. The lowest BCUT2D eigenvalue weighted by atomic mass is 9.98. The van der Waals surface area contributed by atoms with Gasteiger partial charge < -0.3 is 10.2 Å². The fraction of sp³-hybridized carbons (Fsp3) is 0.286. The molecule has 2 aromatic rings. The van der Waals surface area contributed by atoms with E-state index < -0.39 is 0 Å². The van der Waals surface area contributed by atoms with Crippen LogP contribution >= 0.6 is 11.6 Å². The zero-order valence-corrected chi connectivity index (χ0v) is 10.8. The summed E-state index contributed by atoms with van der Waals surface area (Å²) in [5, 5.41) is 0.750. The van der Waals surface area contributed by atoms with E-state index in [9.17, 15) is 0 Å². The van der Waals surface area contributed by atoms with Crippen LogP contribution in [0.5, 0.6) is 0 Å². The quantitative estimate of drug-likeness (QED) is 0.897. The summed E-state index contributed by atoms with van der Waals surface area (Å²) in [6, 6.07) is 7.68. The summed E-state index contributed by atoms with van der Waals surface area (Å²) in [5.41, 5.74) is 9.34. The minimum absolute atomic E-state index is 0.179. The molecule has 1 heterocycles. The molecule has 0 amide bonds. The highest BCUT2D eigenvalue weighted by Gasteiger charge is 2.15. The standard InChI is InChI=1S/C14H16ClNO/c1-3-13-11(6-7-17-13)14(16)10-5-4-9(2)12(15)8-10/h4-8,14H,3,16H2,1-2H3. The number of nitrogens with two attached hydrogens (primary N) is 1. The van der Waals surface area contributed by atoms with Gasteiger partial charge in [-0.1, -0.05) is 30.7 Å². The van der Waals surface area contributed by atoms with Gasteiger partial charge in [-0.3, -0.25) is 0 Å². The van der Waals surface area contributed by atoms with E-state index >= 15 is 0 Å². The minimum Gasteiger partial charge on any atom is -0.469 e. The monoisotopic (exact) mass is 249 g/mol. The Bertz CT molecular complexity index is 519. The molecule has 0 spiro atoms. The number of rotatable bonds is 3. The van der Waals surface area contributed by atoms with E-state index in [-0.39, 0.29) is 6.04 Å². The van der Waals surface area contributed by atoms with Crippen LogP contribution in [0.1, 0.15) is 35.4 Å². The SMILES string of the molecule is CCc1occc1C(N)c1ccc(C)c(Cl)c1. The van der Waals surface area contributed by atoms with Gasteiger partial charge in [-0.15, -0.1) is 0 Å². The third kappa shape index (κ3) is 2.38. The summed E-state index contributed by atoms with van der Waals surface area (Å²) < 4.78 is 5.40. The van der Waals surface area contributed by atoms with Crippen LogP contribution in [0.25, 0.3) is 0 Å². The number of furan rings is 1. The van der Waals surface area contributed by atoms with Crippen LogP contribution in [0, 0.1) is 6.92 Å². The van der Waals surface area contributed by atoms with Crippen LogP contribution < -0.4 is 5.73 Å². The van der Waals surface area contributed by atoms with E-state index in [1.807, 2.05) is 31.2 Å². The summed E-state index contributed by atoms with van der Waals surface area (Å²) in [5.74, 6) is 0.939. The van der Waals surface area contributed by atoms with E-state index in [2.05, 4.69) is 6.92 Å². The molecule has 1 aromatic carbocycles. The molecule has 3 heteroatoms. The lowest BCUT2D eigenvalue weighted by Gasteiger charge is -2.13. The summed E-state index contributed by atoms with van der Waals surface area (Å²) in [7, 11) is 0. The van der Waals surface area contributed by atoms with Crippen molar-refractivity contribution in [1.82, 2.24) is 0 Å². The van der Waals surface area contributed by atoms with Crippen molar-refractivity contribution in [2.45, 2.75) is 26.3 Å². The maximum atomic E-state index is 6.24. The summed E-state index contributed by atoms with van der Waals surface area (Å²) in [4.78, 5) is 0. The van der Waals surface area contributed by atoms with Crippen LogP contribution in [0.2, 0.25) is 5.02 Å². The number of halogens is 1. The van der Waals surface area contributed by atoms with Gasteiger partial charge in [-0.05, 0) is 30.2 Å². The van der Waals surface area contributed by atoms with Crippen molar-refractivity contribution in [1.29, 1.82) is 0 Å². The molecule has 2 N–H and O–H groups in total. The molecule has 1 atom stereocenters. The number of hydrogen-bond acceptors (Lipinski definition) is 2. The molecule has 2 rings (SSSR count). The molecule has 0 aliphatic carbocycles. The van der Waals surface area contributed by atoms with Gasteiger partial charge in [-0.2, -0.15) is 0 Å². The lowest BCUT2D eigenvalue weighted by Crippen LogP contribution is -2.12. The highest BCUT2D eigenvalue weighted by molar-refractivity contribution is 6.31. The minimum atomic E-state index is -0.179. The molecule has 90 valence electrons. The second-order valence-corrected chi connectivity index (χ2v) is 4.55. The van der Waals surface area contributed by atoms with Crippen LogP contribution in [0.15, 0.2) is 34.9 Å². The Morgan fingerprint density at radius 3 is 2.76 bits per heavy atom. The highest BCUT2D eigenvalue weighted by atomic mass is 35.5. The third-order valence-corrected chi connectivity index (χ3v) is 3.40. The van der Waals surface area contributed by atoms with Crippen molar-refractivity contribution in [3.63, 3.8) is 0 Å². The second kappa shape index (κ2) is 4.94. The van der Waals surface area contributed by atoms with Gasteiger partial charge in [0.25, 0.3) is 0 Å². The van der Waals surface area contributed by atoms with Crippen LogP contribution in [-0.2, 0) is 6.42 Å². The first-order chi connectivity index (χ1) is 8.13. The fourth-order valence-corrected chi connectivity index (χ4v) is 2.09. The summed E-state index contributed by atoms with van der Waals surface area (Å²) in [6.07, 6.45) is 2.53. The van der Waals surface area contributed by atoms with Crippen LogP contribution in [0.3, 0.4) is 0 Å². The van der Waals surface area contributed by atoms with Crippen molar-refractivity contribution in [3.8, 4) is 0 Å². The second-order valence-electron chi connectivity index (χ2n) is 4.14. The van der Waals surface area contributed by atoms with Crippen molar-refractivity contribution < 1.29 is 4.42 Å². The zero-order valence-electron chi connectivity index (χ0n) is 10.0. The van der Waals surface area contributed by atoms with Gasteiger partial charge in [0, 0.05) is 17.0 Å². The fourth-order valence-electron chi connectivity index (χ4n) is 1.90. The van der Waals surface area contributed by atoms with Crippen LogP contribution in [-0.4, -0.2) is 0 Å². The van der Waals surface area contributed by atoms with E-state index in [0.717, 1.165) is 33.9 Å². The molecule has 2 nitrogen and oxygen atoms in total. The summed E-state index contributed by atoms with van der Waals surface area (Å²) in [6.45, 7) is 4.03.